The number of nitrogens with two attached hydrogens (primary N) is 1. The summed E-state index contributed by atoms with van der Waals surface area (Å²) in [5, 5.41) is 18.1. The maximum atomic E-state index is 9.05. The lowest BCUT2D eigenvalue weighted by Crippen LogP contribution is -2.25. The molecule has 0 aromatic heterocycles. The average Bonchev–Trinajstić information content (AvgIpc) is 1.94. The molecule has 4 N–H and O–H groups in total. The van der Waals surface area contributed by atoms with Crippen molar-refractivity contribution in [2.45, 2.75) is 18.6 Å². The van der Waals surface area contributed by atoms with Gasteiger partial charge >= 0.3 is 0 Å². The monoisotopic (exact) mass is 155 g/mol. The van der Waals surface area contributed by atoms with Crippen LogP contribution in [0.3, 0.4) is 0 Å². The first-order chi connectivity index (χ1) is 5.14. The summed E-state index contributed by atoms with van der Waals surface area (Å²) in [6.45, 7) is 0.597. The van der Waals surface area contributed by atoms with Gasteiger partial charge in [-0.25, -0.2) is 0 Å². The van der Waals surface area contributed by atoms with Crippen LogP contribution in [0.5, 0.6) is 0 Å². The molecule has 62 valence electrons. The Morgan fingerprint density at radius 2 is 2.27 bits per heavy atom. The van der Waals surface area contributed by atoms with Crippen LogP contribution in [0.25, 0.3) is 0 Å². The van der Waals surface area contributed by atoms with Crippen LogP contribution < -0.4 is 5.73 Å². The summed E-state index contributed by atoms with van der Waals surface area (Å²) in [5.74, 6) is -1.64. The zero-order chi connectivity index (χ0) is 8.32. The number of aliphatic hydroxyl groups is 2. The molecular weight excluding hydrogens is 142 g/mol. The van der Waals surface area contributed by atoms with Crippen LogP contribution in [0.2, 0.25) is 0 Å². The van der Waals surface area contributed by atoms with Crippen molar-refractivity contribution in [3.63, 3.8) is 0 Å². The fraction of sp³-hybridized carbons (Fsp3) is 0.500. The Morgan fingerprint density at radius 1 is 1.55 bits per heavy atom. The van der Waals surface area contributed by atoms with E-state index in [1.165, 1.54) is 6.08 Å². The van der Waals surface area contributed by atoms with Gasteiger partial charge in [0.1, 0.15) is 0 Å². The molecular formula is C8H13NO2. The molecule has 0 saturated heterocycles. The van der Waals surface area contributed by atoms with Crippen molar-refractivity contribution in [3.8, 4) is 0 Å². The zero-order valence-corrected chi connectivity index (χ0v) is 6.33. The van der Waals surface area contributed by atoms with Gasteiger partial charge in [0.05, 0.1) is 0 Å². The van der Waals surface area contributed by atoms with Crippen molar-refractivity contribution in [1.29, 1.82) is 0 Å². The maximum Gasteiger partial charge on any atom is 0.186 e. The predicted octanol–water partition coefficient (Wildman–Crippen LogP) is -0.0976. The van der Waals surface area contributed by atoms with E-state index >= 15 is 0 Å². The number of hydrogen-bond acceptors (Lipinski definition) is 3. The van der Waals surface area contributed by atoms with Crippen LogP contribution >= 0.6 is 0 Å². The van der Waals surface area contributed by atoms with E-state index in [4.69, 9.17) is 15.9 Å². The highest BCUT2D eigenvalue weighted by molar-refractivity contribution is 5.25. The highest BCUT2D eigenvalue weighted by atomic mass is 16.5. The average molecular weight is 155 g/mol. The minimum Gasteiger partial charge on any atom is -0.362 e. The van der Waals surface area contributed by atoms with Crippen molar-refractivity contribution in [3.05, 3.63) is 23.8 Å². The molecule has 0 fully saturated rings. The molecule has 0 amide bonds. The van der Waals surface area contributed by atoms with Gasteiger partial charge in [-0.3, -0.25) is 0 Å². The second kappa shape index (κ2) is 3.17. The Bertz CT molecular complexity index is 194. The normalized spacial score (nSPS) is 21.5. The molecule has 11 heavy (non-hydrogen) atoms. The molecule has 3 nitrogen and oxygen atoms in total. The van der Waals surface area contributed by atoms with Crippen molar-refractivity contribution >= 4 is 0 Å². The molecule has 0 aliphatic heterocycles. The second-order valence-corrected chi connectivity index (χ2v) is 2.73. The SMILES string of the molecule is NCCC1=CCC(O)(O)C=C1. The molecule has 0 saturated carbocycles. The van der Waals surface area contributed by atoms with E-state index in [1.54, 1.807) is 12.2 Å². The van der Waals surface area contributed by atoms with E-state index in [1.807, 2.05) is 0 Å². The summed E-state index contributed by atoms with van der Waals surface area (Å²) >= 11 is 0. The third kappa shape index (κ3) is 2.46. The lowest BCUT2D eigenvalue weighted by atomic mass is 10.0. The molecule has 0 aromatic carbocycles. The van der Waals surface area contributed by atoms with E-state index in [-0.39, 0.29) is 6.42 Å². The standard InChI is InChI=1S/C8H13NO2/c9-6-3-7-1-4-8(10,11)5-2-7/h1-2,4,10-11H,3,5-6,9H2. The molecule has 0 atom stereocenters. The van der Waals surface area contributed by atoms with Gasteiger partial charge in [-0.15, -0.1) is 0 Å². The fourth-order valence-electron chi connectivity index (χ4n) is 1.01. The van der Waals surface area contributed by atoms with Crippen LogP contribution in [0, 0.1) is 0 Å². The van der Waals surface area contributed by atoms with Crippen molar-refractivity contribution < 1.29 is 10.2 Å². The fourth-order valence-corrected chi connectivity index (χ4v) is 1.01. The lowest BCUT2D eigenvalue weighted by Gasteiger charge is -2.19. The van der Waals surface area contributed by atoms with Gasteiger partial charge in [0, 0.05) is 6.42 Å². The van der Waals surface area contributed by atoms with Gasteiger partial charge in [0.2, 0.25) is 0 Å². The van der Waals surface area contributed by atoms with Crippen LogP contribution in [0.4, 0.5) is 0 Å². The van der Waals surface area contributed by atoms with E-state index in [0.29, 0.717) is 6.54 Å². The van der Waals surface area contributed by atoms with E-state index in [0.717, 1.165) is 12.0 Å². The third-order valence-electron chi connectivity index (χ3n) is 1.66. The number of hydrogen-bond donors (Lipinski definition) is 3. The highest BCUT2D eigenvalue weighted by Gasteiger charge is 2.19. The van der Waals surface area contributed by atoms with Crippen LogP contribution in [0.15, 0.2) is 23.8 Å². The Balaban J connectivity index is 2.53. The smallest absolute Gasteiger partial charge is 0.186 e. The van der Waals surface area contributed by atoms with Gasteiger partial charge in [-0.05, 0) is 19.0 Å². The topological polar surface area (TPSA) is 66.5 Å². The third-order valence-corrected chi connectivity index (χ3v) is 1.66. The Kier molecular flexibility index (Phi) is 2.44. The number of rotatable bonds is 2. The van der Waals surface area contributed by atoms with Crippen LogP contribution in [-0.2, 0) is 0 Å². The molecule has 0 bridgehead atoms. The maximum absolute atomic E-state index is 9.05. The summed E-state index contributed by atoms with van der Waals surface area (Å²) in [5.41, 5.74) is 6.40. The highest BCUT2D eigenvalue weighted by Crippen LogP contribution is 2.19. The predicted molar refractivity (Wildman–Crippen MR) is 42.7 cm³/mol. The van der Waals surface area contributed by atoms with Crippen LogP contribution in [-0.4, -0.2) is 22.5 Å². The first-order valence-electron chi connectivity index (χ1n) is 3.67. The second-order valence-electron chi connectivity index (χ2n) is 2.73. The molecule has 3 heteroatoms. The molecule has 0 radical (unpaired) electrons. The van der Waals surface area contributed by atoms with E-state index in [9.17, 15) is 0 Å². The first-order valence-corrected chi connectivity index (χ1v) is 3.67. The summed E-state index contributed by atoms with van der Waals surface area (Å²) < 4.78 is 0. The van der Waals surface area contributed by atoms with Crippen molar-refractivity contribution in [1.82, 2.24) is 0 Å². The van der Waals surface area contributed by atoms with Gasteiger partial charge in [0.15, 0.2) is 5.79 Å². The minimum atomic E-state index is -1.64. The summed E-state index contributed by atoms with van der Waals surface area (Å²) in [7, 11) is 0. The Labute approximate surface area is 65.8 Å². The zero-order valence-electron chi connectivity index (χ0n) is 6.33. The van der Waals surface area contributed by atoms with Crippen LogP contribution in [0.1, 0.15) is 12.8 Å². The van der Waals surface area contributed by atoms with Gasteiger partial charge < -0.3 is 15.9 Å². The van der Waals surface area contributed by atoms with E-state index < -0.39 is 5.79 Å². The lowest BCUT2D eigenvalue weighted by molar-refractivity contribution is -0.115. The molecule has 1 aliphatic carbocycles. The molecule has 0 spiro atoms. The number of allylic oxidation sites excluding steroid dienone is 1. The van der Waals surface area contributed by atoms with Crippen molar-refractivity contribution in [2.75, 3.05) is 6.54 Å². The van der Waals surface area contributed by atoms with Gasteiger partial charge in [0.25, 0.3) is 0 Å². The summed E-state index contributed by atoms with van der Waals surface area (Å²) in [6, 6.07) is 0. The summed E-state index contributed by atoms with van der Waals surface area (Å²) in [4.78, 5) is 0. The molecule has 1 rings (SSSR count). The van der Waals surface area contributed by atoms with Gasteiger partial charge in [-0.1, -0.05) is 17.7 Å². The quantitative estimate of drug-likeness (QED) is 0.488. The van der Waals surface area contributed by atoms with E-state index in [2.05, 4.69) is 0 Å². The first kappa shape index (κ1) is 8.46. The molecule has 0 heterocycles. The summed E-state index contributed by atoms with van der Waals surface area (Å²) in [6.07, 6.45) is 5.95. The minimum absolute atomic E-state index is 0.263. The largest absolute Gasteiger partial charge is 0.362 e. The van der Waals surface area contributed by atoms with Crippen molar-refractivity contribution in [2.24, 2.45) is 5.73 Å². The Morgan fingerprint density at radius 3 is 2.73 bits per heavy atom. The Hall–Kier alpha value is -0.640. The van der Waals surface area contributed by atoms with Gasteiger partial charge in [-0.2, -0.15) is 0 Å². The molecule has 1 aliphatic rings. The molecule has 0 aromatic rings. The molecule has 0 unspecified atom stereocenters.